The lowest BCUT2D eigenvalue weighted by Crippen LogP contribution is -2.21. The molecule has 1 aliphatic heterocycles. The SMILES string of the molecule is COc1ccc([C@@H]2C[C@H](c3ccc(O)cc3)Oc3c2ccc(OC)c3C)cc1. The van der Waals surface area contributed by atoms with E-state index in [-0.39, 0.29) is 17.8 Å². The van der Waals surface area contributed by atoms with Crippen LogP contribution in [0.5, 0.6) is 23.0 Å². The molecule has 0 fully saturated rings. The van der Waals surface area contributed by atoms with Gasteiger partial charge in [-0.05, 0) is 54.8 Å². The monoisotopic (exact) mass is 376 g/mol. The largest absolute Gasteiger partial charge is 0.508 e. The molecule has 0 bridgehead atoms. The molecule has 0 aliphatic carbocycles. The molecule has 0 aromatic heterocycles. The Bertz CT molecular complexity index is 961. The molecule has 0 saturated heterocycles. The fourth-order valence-electron chi connectivity index (χ4n) is 3.92. The molecule has 4 heteroatoms. The van der Waals surface area contributed by atoms with Gasteiger partial charge in [-0.2, -0.15) is 0 Å². The zero-order valence-corrected chi connectivity index (χ0v) is 16.3. The molecule has 0 radical (unpaired) electrons. The van der Waals surface area contributed by atoms with Crippen molar-refractivity contribution in [2.45, 2.75) is 25.4 Å². The summed E-state index contributed by atoms with van der Waals surface area (Å²) in [5.74, 6) is 2.99. The lowest BCUT2D eigenvalue weighted by Gasteiger charge is -2.34. The van der Waals surface area contributed by atoms with Crippen molar-refractivity contribution in [3.05, 3.63) is 82.9 Å². The number of fused-ring (bicyclic) bond motifs is 1. The number of hydrogen-bond donors (Lipinski definition) is 1. The first kappa shape index (κ1) is 18.2. The average molecular weight is 376 g/mol. The maximum absolute atomic E-state index is 9.64. The third kappa shape index (κ3) is 3.26. The molecule has 1 heterocycles. The van der Waals surface area contributed by atoms with E-state index in [2.05, 4.69) is 18.2 Å². The number of benzene rings is 3. The third-order valence-corrected chi connectivity index (χ3v) is 5.47. The zero-order valence-electron chi connectivity index (χ0n) is 16.3. The molecule has 3 aromatic rings. The van der Waals surface area contributed by atoms with Gasteiger partial charge in [-0.1, -0.05) is 30.3 Å². The Labute approximate surface area is 165 Å². The first-order valence-electron chi connectivity index (χ1n) is 9.37. The van der Waals surface area contributed by atoms with Gasteiger partial charge in [0, 0.05) is 17.0 Å². The lowest BCUT2D eigenvalue weighted by molar-refractivity contribution is 0.165. The molecule has 144 valence electrons. The molecule has 1 aliphatic rings. The predicted octanol–water partition coefficient (Wildman–Crippen LogP) is 5.37. The Kier molecular flexibility index (Phi) is 4.86. The molecule has 1 N–H and O–H groups in total. The first-order chi connectivity index (χ1) is 13.6. The quantitative estimate of drug-likeness (QED) is 0.665. The summed E-state index contributed by atoms with van der Waals surface area (Å²) in [6, 6.07) is 19.6. The first-order valence-corrected chi connectivity index (χ1v) is 9.37. The summed E-state index contributed by atoms with van der Waals surface area (Å²) in [7, 11) is 3.35. The number of phenolic OH excluding ortho intramolecular Hbond substituents is 1. The van der Waals surface area contributed by atoms with E-state index < -0.39 is 0 Å². The molecule has 28 heavy (non-hydrogen) atoms. The van der Waals surface area contributed by atoms with E-state index in [0.29, 0.717) is 0 Å². The fraction of sp³-hybridized carbons (Fsp3) is 0.250. The topological polar surface area (TPSA) is 47.9 Å². The Morgan fingerprint density at radius 3 is 2.18 bits per heavy atom. The molecule has 2 atom stereocenters. The van der Waals surface area contributed by atoms with Crippen LogP contribution in [-0.2, 0) is 0 Å². The van der Waals surface area contributed by atoms with Gasteiger partial charge in [0.1, 0.15) is 29.1 Å². The number of hydrogen-bond acceptors (Lipinski definition) is 4. The Morgan fingerprint density at radius 2 is 1.54 bits per heavy atom. The molecule has 0 amide bonds. The number of methoxy groups -OCH3 is 2. The van der Waals surface area contributed by atoms with Gasteiger partial charge in [0.25, 0.3) is 0 Å². The highest BCUT2D eigenvalue weighted by molar-refractivity contribution is 5.55. The summed E-state index contributed by atoms with van der Waals surface area (Å²) in [5.41, 5.74) is 4.43. The van der Waals surface area contributed by atoms with E-state index >= 15 is 0 Å². The van der Waals surface area contributed by atoms with Crippen LogP contribution in [0.25, 0.3) is 0 Å². The minimum Gasteiger partial charge on any atom is -0.508 e. The normalized spacial score (nSPS) is 18.1. The van der Waals surface area contributed by atoms with Crippen molar-refractivity contribution in [3.8, 4) is 23.0 Å². The number of ether oxygens (including phenoxy) is 3. The zero-order chi connectivity index (χ0) is 19.7. The minimum atomic E-state index is -0.106. The van der Waals surface area contributed by atoms with Crippen molar-refractivity contribution in [2.75, 3.05) is 14.2 Å². The fourth-order valence-corrected chi connectivity index (χ4v) is 3.92. The van der Waals surface area contributed by atoms with Gasteiger partial charge in [0.2, 0.25) is 0 Å². The van der Waals surface area contributed by atoms with Crippen molar-refractivity contribution < 1.29 is 19.3 Å². The Hall–Kier alpha value is -3.14. The second-order valence-electron chi connectivity index (χ2n) is 7.07. The third-order valence-electron chi connectivity index (χ3n) is 5.47. The predicted molar refractivity (Wildman–Crippen MR) is 109 cm³/mol. The second kappa shape index (κ2) is 7.47. The maximum atomic E-state index is 9.64. The molecule has 4 rings (SSSR count). The highest BCUT2D eigenvalue weighted by Crippen LogP contribution is 2.48. The van der Waals surface area contributed by atoms with Crippen LogP contribution in [0.2, 0.25) is 0 Å². The van der Waals surface area contributed by atoms with Crippen molar-refractivity contribution in [1.82, 2.24) is 0 Å². The maximum Gasteiger partial charge on any atom is 0.130 e. The Balaban J connectivity index is 1.80. The van der Waals surface area contributed by atoms with E-state index in [4.69, 9.17) is 14.2 Å². The minimum absolute atomic E-state index is 0.106. The highest BCUT2D eigenvalue weighted by Gasteiger charge is 2.32. The summed E-state index contributed by atoms with van der Waals surface area (Å²) in [4.78, 5) is 0. The van der Waals surface area contributed by atoms with Gasteiger partial charge in [-0.15, -0.1) is 0 Å². The van der Waals surface area contributed by atoms with E-state index in [1.807, 2.05) is 37.3 Å². The lowest BCUT2D eigenvalue weighted by atomic mass is 9.81. The molecule has 0 unspecified atom stereocenters. The van der Waals surface area contributed by atoms with Gasteiger partial charge in [-0.25, -0.2) is 0 Å². The van der Waals surface area contributed by atoms with Gasteiger partial charge < -0.3 is 19.3 Å². The molecular weight excluding hydrogens is 352 g/mol. The van der Waals surface area contributed by atoms with Gasteiger partial charge in [-0.3, -0.25) is 0 Å². The summed E-state index contributed by atoms with van der Waals surface area (Å²) < 4.78 is 17.3. The molecule has 4 nitrogen and oxygen atoms in total. The second-order valence-corrected chi connectivity index (χ2v) is 7.07. The number of rotatable bonds is 4. The average Bonchev–Trinajstić information content (AvgIpc) is 2.74. The van der Waals surface area contributed by atoms with Crippen LogP contribution in [-0.4, -0.2) is 19.3 Å². The van der Waals surface area contributed by atoms with Crippen molar-refractivity contribution in [1.29, 1.82) is 0 Å². The molecular formula is C24H24O4. The summed E-state index contributed by atoms with van der Waals surface area (Å²) >= 11 is 0. The van der Waals surface area contributed by atoms with Crippen LogP contribution in [0.3, 0.4) is 0 Å². The van der Waals surface area contributed by atoms with Crippen LogP contribution in [0.4, 0.5) is 0 Å². The molecule has 0 spiro atoms. The number of aromatic hydroxyl groups is 1. The van der Waals surface area contributed by atoms with Crippen LogP contribution >= 0.6 is 0 Å². The van der Waals surface area contributed by atoms with Crippen LogP contribution in [0.1, 0.15) is 40.7 Å². The standard InChI is InChI=1S/C24H24O4/c1-15-22(27-3)13-12-20-21(16-6-10-19(26-2)11-7-16)14-23(28-24(15)20)17-4-8-18(25)9-5-17/h4-13,21,23,25H,14H2,1-3H3/t21-,23+/m0/s1. The summed E-state index contributed by atoms with van der Waals surface area (Å²) in [6.07, 6.45) is 0.710. The smallest absolute Gasteiger partial charge is 0.130 e. The van der Waals surface area contributed by atoms with E-state index in [1.165, 1.54) is 11.1 Å². The van der Waals surface area contributed by atoms with E-state index in [0.717, 1.165) is 34.8 Å². The van der Waals surface area contributed by atoms with Crippen molar-refractivity contribution in [3.63, 3.8) is 0 Å². The van der Waals surface area contributed by atoms with E-state index in [1.54, 1.807) is 26.4 Å². The molecule has 0 saturated carbocycles. The van der Waals surface area contributed by atoms with E-state index in [9.17, 15) is 5.11 Å². The van der Waals surface area contributed by atoms with Gasteiger partial charge in [0.05, 0.1) is 14.2 Å². The summed E-state index contributed by atoms with van der Waals surface area (Å²) in [5, 5.41) is 9.64. The number of phenols is 1. The van der Waals surface area contributed by atoms with Crippen LogP contribution < -0.4 is 14.2 Å². The Morgan fingerprint density at radius 1 is 0.857 bits per heavy atom. The van der Waals surface area contributed by atoms with Gasteiger partial charge >= 0.3 is 0 Å². The van der Waals surface area contributed by atoms with Crippen LogP contribution in [0, 0.1) is 6.92 Å². The van der Waals surface area contributed by atoms with Crippen molar-refractivity contribution in [2.24, 2.45) is 0 Å². The highest BCUT2D eigenvalue weighted by atomic mass is 16.5. The molecule has 3 aromatic carbocycles. The summed E-state index contributed by atoms with van der Waals surface area (Å²) in [6.45, 7) is 2.03. The van der Waals surface area contributed by atoms with Gasteiger partial charge in [0.15, 0.2) is 0 Å². The van der Waals surface area contributed by atoms with Crippen molar-refractivity contribution >= 4 is 0 Å². The van der Waals surface area contributed by atoms with Crippen LogP contribution in [0.15, 0.2) is 60.7 Å².